The lowest BCUT2D eigenvalue weighted by Gasteiger charge is -2.46. The third kappa shape index (κ3) is 6.96. The minimum Gasteiger partial charge on any atom is -0.441 e. The van der Waals surface area contributed by atoms with Crippen LogP contribution in [-0.2, 0) is 39.0 Å². The van der Waals surface area contributed by atoms with Crippen molar-refractivity contribution in [2.75, 3.05) is 9.71 Å². The van der Waals surface area contributed by atoms with Crippen molar-refractivity contribution in [1.82, 2.24) is 0 Å². The van der Waals surface area contributed by atoms with E-state index in [1.807, 2.05) is 0 Å². The summed E-state index contributed by atoms with van der Waals surface area (Å²) in [5.41, 5.74) is 23.8. The van der Waals surface area contributed by atoms with E-state index in [1.165, 1.54) is 113 Å². The Morgan fingerprint density at radius 2 is 1.12 bits per heavy atom. The highest BCUT2D eigenvalue weighted by molar-refractivity contribution is 6.95. The molecule has 4 aliphatic rings. The van der Waals surface area contributed by atoms with E-state index >= 15 is 0 Å². The summed E-state index contributed by atoms with van der Waals surface area (Å²) in [5, 5.41) is 1.24. The molecule has 2 aliphatic heterocycles. The predicted molar refractivity (Wildman–Crippen MR) is 292 cm³/mol. The smallest absolute Gasteiger partial charge is 0.337 e. The van der Waals surface area contributed by atoms with Gasteiger partial charge >= 0.3 is 6.85 Å². The minimum atomic E-state index is -0.136. The molecule has 0 saturated heterocycles. The molecule has 7 aromatic rings. The monoisotopic (exact) mass is 897 g/mol. The second-order valence-electron chi connectivity index (χ2n) is 26.1. The molecule has 3 heterocycles. The first kappa shape index (κ1) is 45.0. The number of benzene rings is 6. The van der Waals surface area contributed by atoms with E-state index in [0.29, 0.717) is 6.54 Å². The lowest BCUT2D eigenvalue weighted by Crippen LogP contribution is -2.61. The van der Waals surface area contributed by atoms with Crippen LogP contribution in [0.5, 0.6) is 0 Å². The van der Waals surface area contributed by atoms with E-state index in [-0.39, 0.29) is 39.3 Å². The number of hydrogen-bond acceptors (Lipinski definition) is 3. The molecule has 348 valence electrons. The molecule has 2 aliphatic carbocycles. The van der Waals surface area contributed by atoms with E-state index < -0.39 is 0 Å². The van der Waals surface area contributed by atoms with Crippen molar-refractivity contribution in [2.24, 2.45) is 0 Å². The fourth-order valence-corrected chi connectivity index (χ4v) is 12.6. The largest absolute Gasteiger partial charge is 0.441 e. The summed E-state index contributed by atoms with van der Waals surface area (Å²) < 4.78 is 7.62. The highest BCUT2D eigenvalue weighted by Crippen LogP contribution is 2.53. The van der Waals surface area contributed by atoms with Crippen molar-refractivity contribution in [3.63, 3.8) is 0 Å². The summed E-state index contributed by atoms with van der Waals surface area (Å²) in [6.07, 6.45) is 4.67. The van der Waals surface area contributed by atoms with Gasteiger partial charge in [0.1, 0.15) is 5.58 Å². The van der Waals surface area contributed by atoms with Gasteiger partial charge in [-0.05, 0) is 168 Å². The van der Waals surface area contributed by atoms with Gasteiger partial charge in [0.05, 0.1) is 6.54 Å². The first-order valence-electron chi connectivity index (χ1n) is 25.7. The maximum atomic E-state index is 7.62. The van der Waals surface area contributed by atoms with Crippen LogP contribution < -0.4 is 20.6 Å². The van der Waals surface area contributed by atoms with Crippen molar-refractivity contribution in [3.8, 4) is 22.3 Å². The molecule has 68 heavy (non-hydrogen) atoms. The third-order valence-corrected chi connectivity index (χ3v) is 17.2. The zero-order valence-electron chi connectivity index (χ0n) is 43.8. The molecule has 0 N–H and O–H groups in total. The SMILES string of the molecule is Cc1cc2c3c(c1)N(Cc1ccc(C(C)(C)C)cc1-c1ccccc1)c1oc4cc5c(cc4c1B3N(c1ccc3c(c1)C(C)(C)CCC3(C)C)c1cc(C(C)(C)C)ccc1-2)C(C)(C)CCC5(C)C. The zero-order chi connectivity index (χ0) is 48.2. The highest BCUT2D eigenvalue weighted by Gasteiger charge is 2.50. The van der Waals surface area contributed by atoms with Gasteiger partial charge in [0.2, 0.25) is 0 Å². The third-order valence-electron chi connectivity index (χ3n) is 17.2. The Morgan fingerprint density at radius 3 is 1.76 bits per heavy atom. The number of nitrogens with zero attached hydrogens (tertiary/aromatic N) is 2. The summed E-state index contributed by atoms with van der Waals surface area (Å²) in [7, 11) is 0. The van der Waals surface area contributed by atoms with Crippen LogP contribution in [0.15, 0.2) is 114 Å². The van der Waals surface area contributed by atoms with Crippen LogP contribution in [0.4, 0.5) is 22.9 Å². The van der Waals surface area contributed by atoms with Crippen molar-refractivity contribution < 1.29 is 4.42 Å². The Kier molecular flexibility index (Phi) is 9.77. The molecule has 0 bridgehead atoms. The first-order chi connectivity index (χ1) is 31.8. The van der Waals surface area contributed by atoms with Crippen LogP contribution in [0.3, 0.4) is 0 Å². The molecule has 3 nitrogen and oxygen atoms in total. The highest BCUT2D eigenvalue weighted by atomic mass is 16.4. The van der Waals surface area contributed by atoms with Gasteiger partial charge in [0.15, 0.2) is 5.88 Å². The van der Waals surface area contributed by atoms with Crippen molar-refractivity contribution in [3.05, 3.63) is 154 Å². The average Bonchev–Trinajstić information content (AvgIpc) is 3.65. The van der Waals surface area contributed by atoms with Gasteiger partial charge in [0, 0.05) is 33.5 Å². The van der Waals surface area contributed by atoms with Gasteiger partial charge < -0.3 is 14.1 Å². The number of anilines is 4. The normalized spacial score (nSPS) is 18.4. The lowest BCUT2D eigenvalue weighted by atomic mass is 9.43. The van der Waals surface area contributed by atoms with Crippen LogP contribution in [0, 0.1) is 6.92 Å². The maximum Gasteiger partial charge on any atom is 0.337 e. The van der Waals surface area contributed by atoms with E-state index in [1.54, 1.807) is 0 Å². The number of furan rings is 1. The Labute approximate surface area is 408 Å². The van der Waals surface area contributed by atoms with E-state index in [2.05, 4.69) is 223 Å². The molecular weight excluding hydrogens is 824 g/mol. The van der Waals surface area contributed by atoms with E-state index in [0.717, 1.165) is 24.3 Å². The van der Waals surface area contributed by atoms with Gasteiger partial charge in [-0.2, -0.15) is 0 Å². The Morgan fingerprint density at radius 1 is 0.529 bits per heavy atom. The molecule has 0 radical (unpaired) electrons. The molecule has 0 fully saturated rings. The summed E-state index contributed by atoms with van der Waals surface area (Å²) in [4.78, 5) is 5.31. The molecule has 11 rings (SSSR count). The Bertz CT molecular complexity index is 3200. The van der Waals surface area contributed by atoms with Crippen LogP contribution in [0.25, 0.3) is 33.2 Å². The standard InChI is InChI=1S/C64H73BN2O/c1-39-31-47-45-25-23-43(60(5,6)7)34-53(45)67(44-24-26-49-50(35-44)62(10,11)28-27-61(49,8)9)65-56(47)54(32-39)66(38-41-21-22-42(59(2,3)4)33-46(41)40-19-17-16-18-20-40)58-57(65)48-36-51-52(37-55(48)68-58)64(14,15)30-29-63(51,12)13/h16-26,31-37H,27-30,38H2,1-15H3. The molecular formula is C64H73BN2O. The first-order valence-corrected chi connectivity index (χ1v) is 25.7. The predicted octanol–water partition coefficient (Wildman–Crippen LogP) is 16.3. The molecule has 0 amide bonds. The fraction of sp³-hybridized carbons (Fsp3) is 0.406. The van der Waals surface area contributed by atoms with Gasteiger partial charge in [-0.15, -0.1) is 0 Å². The molecule has 1 aromatic heterocycles. The summed E-state index contributed by atoms with van der Waals surface area (Å²) >= 11 is 0. The summed E-state index contributed by atoms with van der Waals surface area (Å²) in [6, 6.07) is 43.1. The van der Waals surface area contributed by atoms with E-state index in [4.69, 9.17) is 4.42 Å². The summed E-state index contributed by atoms with van der Waals surface area (Å²) in [6.45, 7) is 36.4. The second-order valence-corrected chi connectivity index (χ2v) is 26.1. The second kappa shape index (κ2) is 14.8. The van der Waals surface area contributed by atoms with Gasteiger partial charge in [-0.1, -0.05) is 170 Å². The van der Waals surface area contributed by atoms with Gasteiger partial charge in [-0.3, -0.25) is 0 Å². The quantitative estimate of drug-likeness (QED) is 0.164. The average molecular weight is 897 g/mol. The molecule has 4 heteroatoms. The number of hydrogen-bond donors (Lipinski definition) is 0. The lowest BCUT2D eigenvalue weighted by molar-refractivity contribution is 0.332. The van der Waals surface area contributed by atoms with Gasteiger partial charge in [-0.25, -0.2) is 0 Å². The topological polar surface area (TPSA) is 19.6 Å². The molecule has 0 saturated carbocycles. The Balaban J connectivity index is 1.25. The van der Waals surface area contributed by atoms with Crippen molar-refractivity contribution in [1.29, 1.82) is 0 Å². The van der Waals surface area contributed by atoms with Crippen LogP contribution >= 0.6 is 0 Å². The maximum absolute atomic E-state index is 7.62. The number of fused-ring (bicyclic) bond motifs is 8. The molecule has 6 aromatic carbocycles. The summed E-state index contributed by atoms with van der Waals surface area (Å²) in [5.74, 6) is 0.964. The number of rotatable bonds is 4. The molecule has 0 unspecified atom stereocenters. The Hall–Kier alpha value is -5.48. The van der Waals surface area contributed by atoms with Crippen LogP contribution in [0.1, 0.15) is 167 Å². The van der Waals surface area contributed by atoms with Gasteiger partial charge in [0.25, 0.3) is 0 Å². The zero-order valence-corrected chi connectivity index (χ0v) is 43.8. The molecule has 0 atom stereocenters. The number of aryl methyl sites for hydroxylation is 1. The van der Waals surface area contributed by atoms with Crippen molar-refractivity contribution >= 4 is 51.7 Å². The van der Waals surface area contributed by atoms with E-state index in [9.17, 15) is 0 Å². The van der Waals surface area contributed by atoms with Crippen LogP contribution in [0.2, 0.25) is 0 Å². The fourth-order valence-electron chi connectivity index (χ4n) is 12.6. The van der Waals surface area contributed by atoms with Crippen molar-refractivity contribution in [2.45, 2.75) is 169 Å². The molecule has 0 spiro atoms. The van der Waals surface area contributed by atoms with Crippen LogP contribution in [-0.4, -0.2) is 6.85 Å². The minimum absolute atomic E-state index is 0.00789.